The molecule has 0 amide bonds. The number of anilines is 2. The monoisotopic (exact) mass is 1180 g/mol. The number of para-hydroxylation sites is 1. The highest BCUT2D eigenvalue weighted by molar-refractivity contribution is 7.87. The SMILES string of the molecule is O=S(=O)(O)c1ccc2c(N=Nc3c(S(=O)(=O)O)cc4cc(Nc5ccccc5)ccc4c3O)c(O)cc(N=Nc3ccc(/C=C/c4ccc(-n5nc6cc(S(=O)(=O)O)c7ccccc7c6n5)cc4S(=O)(=O)O)c(S(=O)(=O)O)c3)c2c1. The summed E-state index contributed by atoms with van der Waals surface area (Å²) in [6.45, 7) is 0. The Morgan fingerprint density at radius 3 is 1.73 bits per heavy atom. The highest BCUT2D eigenvalue weighted by atomic mass is 32.2. The number of fused-ring (bicyclic) bond motifs is 5. The maximum Gasteiger partial charge on any atom is 0.296 e. The number of hydrogen-bond acceptors (Lipinski definition) is 19. The van der Waals surface area contributed by atoms with Gasteiger partial charge in [-0.05, 0) is 95.4 Å². The van der Waals surface area contributed by atoms with E-state index >= 15 is 0 Å². The quantitative estimate of drug-likeness (QED) is 0.0285. The standard InChI is InChI=1S/C50H34N8O17S5/c59-42-25-40(39-24-34(76(61,62)63)17-19-38(39)48(42)54-55-49-46(80(73,74)75)21-29-20-31(15-18-35(29)50(49)60)51-30-6-2-1-3-7-30)53-52-32-14-12-27(43(22-32)77(64,65)66)10-11-28-13-16-33(23-44(28)78(67,68)69)58-56-41-26-45(79(70,71)72)36-8-4-5-9-37(36)47(41)57-58/h1-26,51,59-60H,(H,61,62,63)(H,64,65,66)(H,67,68,69)(H,70,71,72)(H,73,74,75)/b11-10+,53-52?,55-54?. The van der Waals surface area contributed by atoms with Crippen molar-refractivity contribution in [3.63, 3.8) is 0 Å². The van der Waals surface area contributed by atoms with Crippen LogP contribution in [0.4, 0.5) is 34.1 Å². The second-order valence-corrected chi connectivity index (χ2v) is 24.3. The summed E-state index contributed by atoms with van der Waals surface area (Å²) in [5.41, 5.74) is -1.03. The number of benzene rings is 9. The molecule has 0 unspecified atom stereocenters. The molecular formula is C50H34N8O17S5. The number of phenolic OH excluding ortho intramolecular Hbond substituents is 2. The van der Waals surface area contributed by atoms with Crippen molar-refractivity contribution < 1.29 is 75.1 Å². The van der Waals surface area contributed by atoms with Gasteiger partial charge in [0.05, 0.1) is 22.0 Å². The fourth-order valence-corrected chi connectivity index (χ4v) is 11.8. The molecule has 0 spiro atoms. The van der Waals surface area contributed by atoms with Crippen LogP contribution < -0.4 is 5.32 Å². The Morgan fingerprint density at radius 1 is 0.450 bits per heavy atom. The van der Waals surface area contributed by atoms with E-state index in [2.05, 4.69) is 36.0 Å². The Hall–Kier alpha value is -8.95. The van der Waals surface area contributed by atoms with E-state index in [-0.39, 0.29) is 71.5 Å². The zero-order valence-electron chi connectivity index (χ0n) is 39.9. The summed E-state index contributed by atoms with van der Waals surface area (Å²) in [6, 6.07) is 32.1. The predicted molar refractivity (Wildman–Crippen MR) is 290 cm³/mol. The molecule has 30 heteroatoms. The first-order valence-corrected chi connectivity index (χ1v) is 29.7. The fraction of sp³-hybridized carbons (Fsp3) is 0. The molecule has 80 heavy (non-hydrogen) atoms. The number of phenols is 2. The topological polar surface area (TPSA) is 404 Å². The van der Waals surface area contributed by atoms with Gasteiger partial charge in [0.1, 0.15) is 47.7 Å². The van der Waals surface area contributed by atoms with Crippen LogP contribution >= 0.6 is 0 Å². The summed E-state index contributed by atoms with van der Waals surface area (Å²) in [6.07, 6.45) is 2.16. The number of aromatic nitrogens is 3. The molecule has 9 aromatic carbocycles. The number of azo groups is 2. The number of nitrogens with one attached hydrogen (secondary N) is 1. The summed E-state index contributed by atoms with van der Waals surface area (Å²) in [4.78, 5) is -2.60. The van der Waals surface area contributed by atoms with Gasteiger partial charge < -0.3 is 15.5 Å². The van der Waals surface area contributed by atoms with Gasteiger partial charge in [-0.3, -0.25) is 22.8 Å². The lowest BCUT2D eigenvalue weighted by molar-refractivity contribution is 0.471. The van der Waals surface area contributed by atoms with Crippen molar-refractivity contribution in [2.24, 2.45) is 20.5 Å². The van der Waals surface area contributed by atoms with Crippen LogP contribution in [0.15, 0.2) is 191 Å². The third-order valence-corrected chi connectivity index (χ3v) is 16.5. The number of aromatic hydroxyl groups is 2. The first-order valence-electron chi connectivity index (χ1n) is 22.5. The molecule has 0 aliphatic carbocycles. The van der Waals surface area contributed by atoms with Gasteiger partial charge in [0.2, 0.25) is 0 Å². The minimum Gasteiger partial charge on any atom is -0.506 e. The minimum absolute atomic E-state index is 0.00263. The summed E-state index contributed by atoms with van der Waals surface area (Å²) in [7, 11) is -25.0. The first-order chi connectivity index (χ1) is 37.6. The average molecular weight is 1180 g/mol. The van der Waals surface area contributed by atoms with Crippen LogP contribution in [-0.4, -0.2) is 90.1 Å². The van der Waals surface area contributed by atoms with Crippen LogP contribution in [0.25, 0.3) is 61.2 Å². The lowest BCUT2D eigenvalue weighted by atomic mass is 10.1. The van der Waals surface area contributed by atoms with Gasteiger partial charge in [-0.25, -0.2) is 0 Å². The van der Waals surface area contributed by atoms with Crippen molar-refractivity contribution in [3.05, 3.63) is 157 Å². The average Bonchev–Trinajstić information content (AvgIpc) is 3.83. The van der Waals surface area contributed by atoms with Crippen LogP contribution in [0.3, 0.4) is 0 Å². The molecule has 0 bridgehead atoms. The predicted octanol–water partition coefficient (Wildman–Crippen LogP) is 10.3. The van der Waals surface area contributed by atoms with Crippen molar-refractivity contribution in [1.82, 2.24) is 15.0 Å². The largest absolute Gasteiger partial charge is 0.506 e. The first kappa shape index (κ1) is 54.4. The van der Waals surface area contributed by atoms with Gasteiger partial charge in [0.15, 0.2) is 5.75 Å². The molecule has 25 nitrogen and oxygen atoms in total. The third kappa shape index (κ3) is 10.9. The number of hydrogen-bond donors (Lipinski definition) is 8. The van der Waals surface area contributed by atoms with E-state index in [0.29, 0.717) is 11.4 Å². The Kier molecular flexibility index (Phi) is 13.6. The van der Waals surface area contributed by atoms with Gasteiger partial charge in [0.25, 0.3) is 50.6 Å². The number of nitrogens with zero attached hydrogens (tertiary/aromatic N) is 7. The Bertz CT molecular complexity index is 4980. The van der Waals surface area contributed by atoms with Crippen molar-refractivity contribution >= 4 is 140 Å². The third-order valence-electron chi connectivity index (χ3n) is 12.1. The molecule has 0 saturated heterocycles. The minimum atomic E-state index is -5.13. The Balaban J connectivity index is 0.991. The molecule has 0 fully saturated rings. The van der Waals surface area contributed by atoms with Crippen molar-refractivity contribution in [3.8, 4) is 17.2 Å². The van der Waals surface area contributed by atoms with Crippen LogP contribution in [0.2, 0.25) is 0 Å². The number of rotatable bonds is 14. The highest BCUT2D eigenvalue weighted by Crippen LogP contribution is 2.46. The normalized spacial score (nSPS) is 13.0. The molecule has 8 N–H and O–H groups in total. The van der Waals surface area contributed by atoms with E-state index in [9.17, 15) is 75.1 Å². The second kappa shape index (κ2) is 20.1. The van der Waals surface area contributed by atoms with Crippen LogP contribution in [0, 0.1) is 0 Å². The van der Waals surface area contributed by atoms with Gasteiger partial charge in [0, 0.05) is 44.4 Å². The maximum atomic E-state index is 12.8. The van der Waals surface area contributed by atoms with Gasteiger partial charge >= 0.3 is 0 Å². The van der Waals surface area contributed by atoms with Gasteiger partial charge in [-0.1, -0.05) is 72.8 Å². The molecule has 0 saturated carbocycles. The van der Waals surface area contributed by atoms with E-state index in [4.69, 9.17) is 0 Å². The van der Waals surface area contributed by atoms with E-state index < -0.39 is 97.9 Å². The smallest absolute Gasteiger partial charge is 0.296 e. The van der Waals surface area contributed by atoms with Crippen LogP contribution in [0.1, 0.15) is 11.1 Å². The zero-order chi connectivity index (χ0) is 57.3. The van der Waals surface area contributed by atoms with Crippen molar-refractivity contribution in [2.75, 3.05) is 5.32 Å². The molecule has 0 aliphatic heterocycles. The van der Waals surface area contributed by atoms with Crippen molar-refractivity contribution in [2.45, 2.75) is 24.5 Å². The maximum absolute atomic E-state index is 12.8. The molecule has 0 atom stereocenters. The highest BCUT2D eigenvalue weighted by Gasteiger charge is 2.25. The van der Waals surface area contributed by atoms with Crippen LogP contribution in [0.5, 0.6) is 11.5 Å². The van der Waals surface area contributed by atoms with E-state index in [1.807, 2.05) is 0 Å². The fourth-order valence-electron chi connectivity index (χ4n) is 8.50. The van der Waals surface area contributed by atoms with E-state index in [1.54, 1.807) is 42.5 Å². The zero-order valence-corrected chi connectivity index (χ0v) is 44.0. The summed E-state index contributed by atoms with van der Waals surface area (Å²) in [5.74, 6) is -1.50. The lowest BCUT2D eigenvalue weighted by Crippen LogP contribution is -2.05. The molecule has 0 radical (unpaired) electrons. The molecule has 0 aliphatic rings. The molecule has 406 valence electrons. The lowest BCUT2D eigenvalue weighted by Gasteiger charge is -2.12. The molecule has 10 aromatic rings. The molecular weight excluding hydrogens is 1140 g/mol. The van der Waals surface area contributed by atoms with Gasteiger partial charge in [-0.15, -0.1) is 25.5 Å². The molecule has 1 aromatic heterocycles. The van der Waals surface area contributed by atoms with Crippen LogP contribution in [-0.2, 0) is 50.6 Å². The Labute approximate surface area is 451 Å². The summed E-state index contributed by atoms with van der Waals surface area (Å²) in [5, 5.41) is 50.7. The second-order valence-electron chi connectivity index (χ2n) is 17.3. The van der Waals surface area contributed by atoms with Crippen molar-refractivity contribution in [1.29, 1.82) is 0 Å². The van der Waals surface area contributed by atoms with E-state index in [0.717, 1.165) is 71.5 Å². The van der Waals surface area contributed by atoms with E-state index in [1.165, 1.54) is 48.5 Å². The summed E-state index contributed by atoms with van der Waals surface area (Å²) < 4.78 is 176. The Morgan fingerprint density at radius 2 is 1.06 bits per heavy atom. The summed E-state index contributed by atoms with van der Waals surface area (Å²) >= 11 is 0. The molecule has 1 heterocycles. The molecule has 10 rings (SSSR count). The van der Waals surface area contributed by atoms with Gasteiger partial charge in [-0.2, -0.15) is 52.0 Å².